The van der Waals surface area contributed by atoms with Gasteiger partial charge < -0.3 is 50.2 Å². The topological polar surface area (TPSA) is 178 Å². The summed E-state index contributed by atoms with van der Waals surface area (Å²) in [6.45, 7) is 4.29. The second-order valence-electron chi connectivity index (χ2n) is 17.8. The van der Waals surface area contributed by atoms with Crippen LogP contribution in [0.25, 0.3) is 16.8 Å². The number of rotatable bonds is 15. The normalized spacial score (nSPS) is 20.2. The summed E-state index contributed by atoms with van der Waals surface area (Å²) in [5, 5.41) is 68.3. The zero-order valence-electron chi connectivity index (χ0n) is 37.7. The second-order valence-corrected chi connectivity index (χ2v) is 17.8. The fourth-order valence-corrected chi connectivity index (χ4v) is 9.46. The van der Waals surface area contributed by atoms with Crippen LogP contribution in [0.2, 0.25) is 0 Å². The van der Waals surface area contributed by atoms with Gasteiger partial charge in [0.25, 0.3) is 0 Å². The number of hydrogen-bond acceptors (Lipinski definition) is 11. The molecule has 7 N–H and O–H groups in total. The van der Waals surface area contributed by atoms with Gasteiger partial charge in [-0.3, -0.25) is 4.79 Å². The van der Waals surface area contributed by atoms with Gasteiger partial charge in [-0.15, -0.1) is 0 Å². The number of phenols is 1. The zero-order chi connectivity index (χ0) is 46.0. The van der Waals surface area contributed by atoms with Gasteiger partial charge in [0.05, 0.1) is 13.2 Å². The van der Waals surface area contributed by atoms with Crippen LogP contribution in [-0.2, 0) is 35.4 Å². The van der Waals surface area contributed by atoms with Crippen LogP contribution in [0.4, 0.5) is 5.69 Å². The highest BCUT2D eigenvalue weighted by atomic mass is 16.5. The van der Waals surface area contributed by atoms with Crippen LogP contribution in [0.5, 0.6) is 17.2 Å². The van der Waals surface area contributed by atoms with E-state index in [2.05, 4.69) is 35.6 Å². The maximum atomic E-state index is 13.8. The van der Waals surface area contributed by atoms with Crippen LogP contribution >= 0.6 is 0 Å². The lowest BCUT2D eigenvalue weighted by Gasteiger charge is -2.30. The molecule has 2 aliphatic heterocycles. The minimum Gasteiger partial charge on any atom is -0.508 e. The molecule has 4 aromatic carbocycles. The predicted octanol–water partition coefficient (Wildman–Crippen LogP) is 9.02. The molecule has 0 aromatic heterocycles. The van der Waals surface area contributed by atoms with Crippen molar-refractivity contribution in [2.45, 2.75) is 115 Å². The summed E-state index contributed by atoms with van der Waals surface area (Å²) in [5.74, 6) is 4.15. The molecule has 0 radical (unpaired) electrons. The molecule has 4 aliphatic rings. The highest BCUT2D eigenvalue weighted by Crippen LogP contribution is 2.44. The van der Waals surface area contributed by atoms with Gasteiger partial charge in [0, 0.05) is 60.7 Å². The Morgan fingerprint density at radius 2 is 1.80 bits per heavy atom. The number of methoxy groups -OCH3 is 1. The van der Waals surface area contributed by atoms with E-state index in [-0.39, 0.29) is 73.1 Å². The fraction of sp³-hybridized carbons (Fsp3) is 0.426. The Bertz CT molecular complexity index is 2490. The predicted molar refractivity (Wildman–Crippen MR) is 253 cm³/mol. The number of aromatic hydroxyl groups is 1. The molecular formula is C54H63NO10. The van der Waals surface area contributed by atoms with Crippen LogP contribution in [-0.4, -0.2) is 68.9 Å². The standard InChI is InChI=1S/C54H63NO10/c1-33-15-19-44-48-32-65-52-24-36(17-20-51(52)63-3)16-18-41(58)28-42(64-22-8-14-43-46(29-47(48)54(61)62)53(44)45(33)30-50(43)60)26-39-27-49(59)38(12-7-21-56)25-37(39)11-5-4-9-35-10-6-13-40(23-35)55-31-34(2)57/h6,10,13,15,17,19-20,23-25,27,29-30,33-34,37,39,42,54-57,59-62H,4-5,7,9,11-12,14,16,18,21,26,28,31-32H2,1-3H3. The first kappa shape index (κ1) is 47.2. The number of aryl methyl sites for hydroxylation is 2. The highest BCUT2D eigenvalue weighted by Gasteiger charge is 2.30. The average molecular weight is 886 g/mol. The minimum atomic E-state index is -1.83. The SMILES string of the molecule is COc1ccc2cc1OCc1c(C(O)O)cc3c(c(O)cc4c3c1C=CC4C)CC#COC(CC1C=C(O)C(CCCO)=CC1CCCCc1cccc(NCC(C)O)c1)CC(=O)CC2. The van der Waals surface area contributed by atoms with Gasteiger partial charge in [-0.25, -0.2) is 0 Å². The molecule has 6 bridgehead atoms. The van der Waals surface area contributed by atoms with E-state index in [9.17, 15) is 35.4 Å². The molecule has 11 heteroatoms. The molecule has 0 saturated carbocycles. The third-order valence-electron chi connectivity index (χ3n) is 12.9. The molecule has 0 amide bonds. The third-order valence-corrected chi connectivity index (χ3v) is 12.9. The number of phenolic OH excluding ortho intramolecular Hbond substituents is 1. The van der Waals surface area contributed by atoms with Crippen LogP contribution in [0, 0.1) is 23.9 Å². The summed E-state index contributed by atoms with van der Waals surface area (Å²) < 4.78 is 18.4. The number of Topliss-reactive ketones (excluding diaryl/α,β-unsaturated/α-hetero) is 1. The van der Waals surface area contributed by atoms with Gasteiger partial charge >= 0.3 is 0 Å². The number of aliphatic hydroxyl groups is 5. The molecule has 0 spiro atoms. The van der Waals surface area contributed by atoms with E-state index in [4.69, 9.17) is 14.2 Å². The summed E-state index contributed by atoms with van der Waals surface area (Å²) in [6.07, 6.45) is 14.0. The number of hydrogen-bond donors (Lipinski definition) is 7. The van der Waals surface area contributed by atoms with Gasteiger partial charge in [0.15, 0.2) is 17.8 Å². The van der Waals surface area contributed by atoms with Crippen molar-refractivity contribution in [1.82, 2.24) is 0 Å². The molecule has 8 rings (SSSR count). The maximum absolute atomic E-state index is 13.8. The molecule has 5 unspecified atom stereocenters. The summed E-state index contributed by atoms with van der Waals surface area (Å²) >= 11 is 0. The van der Waals surface area contributed by atoms with Crippen LogP contribution in [0.1, 0.15) is 116 Å². The highest BCUT2D eigenvalue weighted by molar-refractivity contribution is 6.01. The van der Waals surface area contributed by atoms with E-state index in [1.54, 1.807) is 32.2 Å². The fourth-order valence-electron chi connectivity index (χ4n) is 9.46. The lowest BCUT2D eigenvalue weighted by Crippen LogP contribution is -2.25. The smallest absolute Gasteiger partial charge is 0.178 e. The van der Waals surface area contributed by atoms with E-state index >= 15 is 0 Å². The summed E-state index contributed by atoms with van der Waals surface area (Å²) in [7, 11) is 1.56. The Labute approximate surface area is 382 Å². The summed E-state index contributed by atoms with van der Waals surface area (Å²) in [6, 6.07) is 17.3. The number of aliphatic hydroxyl groups excluding tert-OH is 4. The number of allylic oxidation sites excluding steroid dienone is 4. The van der Waals surface area contributed by atoms with Crippen molar-refractivity contribution in [2.75, 3.05) is 25.6 Å². The van der Waals surface area contributed by atoms with Crippen molar-refractivity contribution < 1.29 is 49.6 Å². The number of unbranched alkanes of at least 4 members (excludes halogenated alkanes) is 1. The lowest BCUT2D eigenvalue weighted by atomic mass is 9.77. The molecule has 65 heavy (non-hydrogen) atoms. The Kier molecular flexibility index (Phi) is 15.9. The van der Waals surface area contributed by atoms with Crippen LogP contribution in [0.3, 0.4) is 0 Å². The average Bonchev–Trinajstić information content (AvgIpc) is 3.28. The molecule has 0 fully saturated rings. The Balaban J connectivity index is 1.18. The Morgan fingerprint density at radius 3 is 2.58 bits per heavy atom. The number of fused-ring (bicyclic) bond motifs is 9. The van der Waals surface area contributed by atoms with Crippen LogP contribution < -0.4 is 14.8 Å². The number of carbonyl (C=O) groups excluding carboxylic acids is 1. The van der Waals surface area contributed by atoms with Crippen LogP contribution in [0.15, 0.2) is 84.2 Å². The molecule has 2 aliphatic carbocycles. The molecule has 11 nitrogen and oxygen atoms in total. The number of benzene rings is 4. The number of carbonyl (C=O) groups is 1. The maximum Gasteiger partial charge on any atom is 0.178 e. The number of ketones is 1. The number of nitrogens with one attached hydrogen (secondary N) is 1. The van der Waals surface area contributed by atoms with Gasteiger partial charge in [0.1, 0.15) is 36.1 Å². The van der Waals surface area contributed by atoms with Gasteiger partial charge in [-0.05, 0) is 145 Å². The first-order chi connectivity index (χ1) is 31.4. The first-order valence-corrected chi connectivity index (χ1v) is 23.0. The van der Waals surface area contributed by atoms with Gasteiger partial charge in [0.2, 0.25) is 0 Å². The van der Waals surface area contributed by atoms with Gasteiger partial charge in [-0.2, -0.15) is 0 Å². The monoisotopic (exact) mass is 885 g/mol. The molecule has 2 heterocycles. The molecular weight excluding hydrogens is 823 g/mol. The Morgan fingerprint density at radius 1 is 0.954 bits per heavy atom. The lowest BCUT2D eigenvalue weighted by molar-refractivity contribution is -0.121. The largest absolute Gasteiger partial charge is 0.508 e. The zero-order valence-corrected chi connectivity index (χ0v) is 37.7. The molecule has 4 aromatic rings. The summed E-state index contributed by atoms with van der Waals surface area (Å²) in [4.78, 5) is 13.8. The van der Waals surface area contributed by atoms with Crippen molar-refractivity contribution in [3.8, 4) is 29.3 Å². The van der Waals surface area contributed by atoms with Crippen molar-refractivity contribution in [2.24, 2.45) is 11.8 Å². The van der Waals surface area contributed by atoms with E-state index in [0.29, 0.717) is 60.2 Å². The second kappa shape index (κ2) is 21.9. The third kappa shape index (κ3) is 11.7. The number of anilines is 1. The molecule has 5 atom stereocenters. The van der Waals surface area contributed by atoms with Crippen molar-refractivity contribution in [1.29, 1.82) is 0 Å². The van der Waals surface area contributed by atoms with E-state index < -0.39 is 18.5 Å². The molecule has 0 saturated heterocycles. The van der Waals surface area contributed by atoms with Gasteiger partial charge in [-0.1, -0.05) is 55.7 Å². The summed E-state index contributed by atoms with van der Waals surface area (Å²) in [5.41, 5.74) is 6.88. The molecule has 344 valence electrons. The van der Waals surface area contributed by atoms with Crippen molar-refractivity contribution in [3.05, 3.63) is 123 Å². The number of ether oxygens (including phenoxy) is 3. The quantitative estimate of drug-likeness (QED) is 0.0344. The first-order valence-electron chi connectivity index (χ1n) is 23.0. The van der Waals surface area contributed by atoms with E-state index in [1.807, 2.05) is 49.4 Å². The van der Waals surface area contributed by atoms with Crippen molar-refractivity contribution in [3.63, 3.8) is 0 Å². The van der Waals surface area contributed by atoms with E-state index in [0.717, 1.165) is 59.0 Å². The Hall–Kier alpha value is -5.77. The minimum absolute atomic E-state index is 0.00208. The van der Waals surface area contributed by atoms with Crippen molar-refractivity contribution >= 4 is 28.3 Å². The van der Waals surface area contributed by atoms with E-state index in [1.165, 1.54) is 5.56 Å².